The minimum atomic E-state index is -0.377. The van der Waals surface area contributed by atoms with Gasteiger partial charge in [0.15, 0.2) is 11.5 Å². The summed E-state index contributed by atoms with van der Waals surface area (Å²) in [4.78, 5) is 11.5. The Morgan fingerprint density at radius 2 is 2.05 bits per heavy atom. The predicted octanol–water partition coefficient (Wildman–Crippen LogP) is 2.42. The Bertz CT molecular complexity index is 475. The molecule has 0 saturated heterocycles. The fraction of sp³-hybridized carbons (Fsp3) is 0.533. The molecule has 2 atom stereocenters. The quantitative estimate of drug-likeness (QED) is 0.904. The lowest BCUT2D eigenvalue weighted by Crippen LogP contribution is -2.31. The van der Waals surface area contributed by atoms with Crippen molar-refractivity contribution in [2.24, 2.45) is 0 Å². The molecule has 0 heterocycles. The van der Waals surface area contributed by atoms with Gasteiger partial charge in [-0.1, -0.05) is 6.07 Å². The van der Waals surface area contributed by atoms with Crippen molar-refractivity contribution in [2.75, 3.05) is 14.2 Å². The van der Waals surface area contributed by atoms with E-state index in [1.807, 2.05) is 18.2 Å². The van der Waals surface area contributed by atoms with Gasteiger partial charge in [0, 0.05) is 23.8 Å². The van der Waals surface area contributed by atoms with Crippen LogP contribution in [0.5, 0.6) is 11.5 Å². The van der Waals surface area contributed by atoms with Gasteiger partial charge in [0.2, 0.25) is 0 Å². The Morgan fingerprint density at radius 3 is 2.75 bits per heavy atom. The van der Waals surface area contributed by atoms with E-state index in [1.165, 1.54) is 0 Å². The second-order valence-corrected chi connectivity index (χ2v) is 6.12. The molecule has 1 N–H and O–H groups in total. The monoisotopic (exact) mass is 296 g/mol. The smallest absolute Gasteiger partial charge is 0.161 e. The number of Topliss-reactive ketones (excluding diaryl/α,β-unsaturated/α-hetero) is 1. The number of thioether (sulfide) groups is 1. The van der Waals surface area contributed by atoms with E-state index in [1.54, 1.807) is 26.0 Å². The lowest BCUT2D eigenvalue weighted by Gasteiger charge is -2.26. The normalized spacial score (nSPS) is 22.6. The molecular weight excluding hydrogens is 276 g/mol. The van der Waals surface area contributed by atoms with E-state index in [4.69, 9.17) is 9.47 Å². The molecule has 1 fully saturated rings. The van der Waals surface area contributed by atoms with Crippen molar-refractivity contribution in [3.63, 3.8) is 0 Å². The molecule has 0 spiro atoms. The summed E-state index contributed by atoms with van der Waals surface area (Å²) in [6.07, 6.45) is 1.19. The number of aliphatic hydroxyl groups excluding tert-OH is 1. The second-order valence-electron chi connectivity index (χ2n) is 4.89. The summed E-state index contributed by atoms with van der Waals surface area (Å²) < 4.78 is 10.5. The standard InChI is InChI=1S/C15H20O4S/c1-18-13-6-3-10(7-14(13)19-2)9-20-15-8-11(16)4-5-12(15)17/h3,6-7,12,15,17H,4-5,8-9H2,1-2H3/t12-,15+/m1/s1. The van der Waals surface area contributed by atoms with Crippen molar-refractivity contribution < 1.29 is 19.4 Å². The number of hydrogen-bond donors (Lipinski definition) is 1. The van der Waals surface area contributed by atoms with Crippen LogP contribution in [0.2, 0.25) is 0 Å². The lowest BCUT2D eigenvalue weighted by atomic mass is 9.96. The number of ether oxygens (including phenoxy) is 2. The van der Waals surface area contributed by atoms with Gasteiger partial charge in [-0.05, 0) is 24.1 Å². The molecule has 20 heavy (non-hydrogen) atoms. The Kier molecular flexibility index (Phi) is 5.31. The maximum absolute atomic E-state index is 11.5. The van der Waals surface area contributed by atoms with Gasteiger partial charge in [-0.3, -0.25) is 4.79 Å². The highest BCUT2D eigenvalue weighted by molar-refractivity contribution is 7.99. The number of carbonyl (C=O) groups excluding carboxylic acids is 1. The highest BCUT2D eigenvalue weighted by Gasteiger charge is 2.27. The van der Waals surface area contributed by atoms with Crippen molar-refractivity contribution in [1.82, 2.24) is 0 Å². The molecule has 4 nitrogen and oxygen atoms in total. The minimum Gasteiger partial charge on any atom is -0.493 e. The fourth-order valence-corrected chi connectivity index (χ4v) is 3.55. The third-order valence-electron chi connectivity index (χ3n) is 3.49. The number of carbonyl (C=O) groups is 1. The molecule has 1 saturated carbocycles. The first-order valence-electron chi connectivity index (χ1n) is 6.66. The van der Waals surface area contributed by atoms with E-state index in [9.17, 15) is 9.90 Å². The fourth-order valence-electron chi connectivity index (χ4n) is 2.30. The van der Waals surface area contributed by atoms with E-state index in [2.05, 4.69) is 0 Å². The van der Waals surface area contributed by atoms with E-state index in [0.29, 0.717) is 30.8 Å². The molecule has 0 bridgehead atoms. The van der Waals surface area contributed by atoms with Gasteiger partial charge in [-0.25, -0.2) is 0 Å². The largest absolute Gasteiger partial charge is 0.493 e. The van der Waals surface area contributed by atoms with Crippen LogP contribution >= 0.6 is 11.8 Å². The molecule has 0 unspecified atom stereocenters. The van der Waals surface area contributed by atoms with Gasteiger partial charge in [0.05, 0.1) is 20.3 Å². The Morgan fingerprint density at radius 1 is 1.30 bits per heavy atom. The first-order chi connectivity index (χ1) is 9.63. The predicted molar refractivity (Wildman–Crippen MR) is 79.5 cm³/mol. The summed E-state index contributed by atoms with van der Waals surface area (Å²) in [5, 5.41) is 9.93. The lowest BCUT2D eigenvalue weighted by molar-refractivity contribution is -0.121. The third kappa shape index (κ3) is 3.67. The van der Waals surface area contributed by atoms with Gasteiger partial charge in [-0.15, -0.1) is 0 Å². The summed E-state index contributed by atoms with van der Waals surface area (Å²) in [5.41, 5.74) is 1.10. The van der Waals surface area contributed by atoms with Crippen molar-refractivity contribution >= 4 is 17.5 Å². The number of aliphatic hydroxyl groups is 1. The summed E-state index contributed by atoms with van der Waals surface area (Å²) in [5.74, 6) is 2.40. The van der Waals surface area contributed by atoms with E-state index >= 15 is 0 Å². The average molecular weight is 296 g/mol. The molecule has 1 aliphatic carbocycles. The molecule has 1 aromatic rings. The second kappa shape index (κ2) is 6.99. The number of benzene rings is 1. The Labute approximate surface area is 123 Å². The topological polar surface area (TPSA) is 55.8 Å². The van der Waals surface area contributed by atoms with E-state index in [0.717, 1.165) is 11.3 Å². The van der Waals surface area contributed by atoms with Crippen LogP contribution in [0.25, 0.3) is 0 Å². The van der Waals surface area contributed by atoms with Crippen LogP contribution in [0.15, 0.2) is 18.2 Å². The maximum atomic E-state index is 11.5. The molecule has 1 aliphatic rings. The average Bonchev–Trinajstić information content (AvgIpc) is 2.47. The van der Waals surface area contributed by atoms with Crippen molar-refractivity contribution in [3.8, 4) is 11.5 Å². The van der Waals surface area contributed by atoms with E-state index in [-0.39, 0.29) is 17.1 Å². The van der Waals surface area contributed by atoms with Crippen molar-refractivity contribution in [1.29, 1.82) is 0 Å². The van der Waals surface area contributed by atoms with Crippen LogP contribution < -0.4 is 9.47 Å². The number of methoxy groups -OCH3 is 2. The van der Waals surface area contributed by atoms with Crippen LogP contribution in [0.3, 0.4) is 0 Å². The summed E-state index contributed by atoms with van der Waals surface area (Å²) >= 11 is 1.63. The summed E-state index contributed by atoms with van der Waals surface area (Å²) in [7, 11) is 3.22. The molecule has 0 radical (unpaired) electrons. The zero-order valence-electron chi connectivity index (χ0n) is 11.8. The van der Waals surface area contributed by atoms with Crippen LogP contribution in [0, 0.1) is 0 Å². The molecular formula is C15H20O4S. The highest BCUT2D eigenvalue weighted by atomic mass is 32.2. The number of ketones is 1. The molecule has 0 amide bonds. The summed E-state index contributed by atoms with van der Waals surface area (Å²) in [6, 6.07) is 5.78. The molecule has 2 rings (SSSR count). The van der Waals surface area contributed by atoms with Gasteiger partial charge >= 0.3 is 0 Å². The van der Waals surface area contributed by atoms with Crippen LogP contribution in [-0.4, -0.2) is 36.5 Å². The Balaban J connectivity index is 1.98. The first-order valence-corrected chi connectivity index (χ1v) is 7.71. The third-order valence-corrected chi connectivity index (χ3v) is 4.90. The van der Waals surface area contributed by atoms with Crippen molar-refractivity contribution in [2.45, 2.75) is 36.4 Å². The maximum Gasteiger partial charge on any atom is 0.161 e. The number of hydrogen-bond acceptors (Lipinski definition) is 5. The molecule has 1 aromatic carbocycles. The van der Waals surface area contributed by atoms with E-state index < -0.39 is 0 Å². The first kappa shape index (κ1) is 15.2. The number of rotatable bonds is 5. The molecule has 0 aliphatic heterocycles. The van der Waals surface area contributed by atoms with Gasteiger partial charge in [0.25, 0.3) is 0 Å². The zero-order chi connectivity index (χ0) is 14.5. The van der Waals surface area contributed by atoms with Gasteiger partial charge in [0.1, 0.15) is 5.78 Å². The van der Waals surface area contributed by atoms with Crippen LogP contribution in [0.1, 0.15) is 24.8 Å². The molecule has 5 heteroatoms. The Hall–Kier alpha value is -1.20. The van der Waals surface area contributed by atoms with Crippen molar-refractivity contribution in [3.05, 3.63) is 23.8 Å². The highest BCUT2D eigenvalue weighted by Crippen LogP contribution is 2.32. The van der Waals surface area contributed by atoms with Gasteiger partial charge < -0.3 is 14.6 Å². The molecule has 0 aromatic heterocycles. The van der Waals surface area contributed by atoms with Gasteiger partial charge in [-0.2, -0.15) is 11.8 Å². The summed E-state index contributed by atoms with van der Waals surface area (Å²) in [6.45, 7) is 0. The molecule has 110 valence electrons. The van der Waals surface area contributed by atoms with Crippen LogP contribution in [0.4, 0.5) is 0 Å². The minimum absolute atomic E-state index is 0.00402. The van der Waals surface area contributed by atoms with Crippen LogP contribution in [-0.2, 0) is 10.5 Å². The zero-order valence-corrected chi connectivity index (χ0v) is 12.6. The SMILES string of the molecule is COc1ccc(CS[C@H]2CC(=O)CC[C@H]2O)cc1OC.